The van der Waals surface area contributed by atoms with Crippen LogP contribution in [0.2, 0.25) is 0 Å². The number of rotatable bonds is 5. The lowest BCUT2D eigenvalue weighted by molar-refractivity contribution is -0.136. The van der Waals surface area contributed by atoms with Crippen molar-refractivity contribution < 1.29 is 23.1 Å². The Morgan fingerprint density at radius 1 is 1.12 bits per heavy atom. The first-order chi connectivity index (χ1) is 12.6. The molecule has 3 rings (SSSR count). The predicted molar refractivity (Wildman–Crippen MR) is 91.9 cm³/mol. The fraction of sp³-hybridized carbons (Fsp3) is 0.333. The average Bonchev–Trinajstić information content (AvgIpc) is 3.19. The maximum Gasteiger partial charge on any atom is 0.313 e. The fourth-order valence-corrected chi connectivity index (χ4v) is 2.79. The molecule has 1 aromatic heterocycles. The first kappa shape index (κ1) is 18.1. The van der Waals surface area contributed by atoms with Crippen LogP contribution in [0.5, 0.6) is 0 Å². The molecule has 1 fully saturated rings. The highest BCUT2D eigenvalue weighted by molar-refractivity contribution is 6.39. The van der Waals surface area contributed by atoms with Crippen LogP contribution in [0.1, 0.15) is 11.8 Å². The van der Waals surface area contributed by atoms with E-state index in [0.717, 1.165) is 0 Å². The number of carbonyl (C=O) groups excluding carboxylic acids is 2. The smallest absolute Gasteiger partial charge is 0.313 e. The van der Waals surface area contributed by atoms with Gasteiger partial charge in [-0.1, -0.05) is 12.1 Å². The highest BCUT2D eigenvalue weighted by atomic mass is 19.1. The molecule has 1 aromatic carbocycles. The van der Waals surface area contributed by atoms with Gasteiger partial charge in [0, 0.05) is 19.6 Å². The molecule has 1 atom stereocenters. The molecule has 2 N–H and O–H groups in total. The van der Waals surface area contributed by atoms with Gasteiger partial charge < -0.3 is 19.8 Å². The number of para-hydroxylation sites is 1. The summed E-state index contributed by atoms with van der Waals surface area (Å²) in [5, 5.41) is 4.86. The van der Waals surface area contributed by atoms with Gasteiger partial charge in [0.1, 0.15) is 11.6 Å². The van der Waals surface area contributed by atoms with Gasteiger partial charge in [0.15, 0.2) is 0 Å². The summed E-state index contributed by atoms with van der Waals surface area (Å²) in [6.45, 7) is 2.78. The summed E-state index contributed by atoms with van der Waals surface area (Å²) in [5.41, 5.74) is -0.0385. The zero-order valence-corrected chi connectivity index (χ0v) is 14.1. The van der Waals surface area contributed by atoms with Crippen LogP contribution in [0.15, 0.2) is 47.1 Å². The number of anilines is 1. The maximum atomic E-state index is 13.6. The van der Waals surface area contributed by atoms with E-state index in [1.165, 1.54) is 18.2 Å². The van der Waals surface area contributed by atoms with E-state index < -0.39 is 17.6 Å². The number of amides is 2. The van der Waals surface area contributed by atoms with Crippen LogP contribution in [0, 0.1) is 5.82 Å². The van der Waals surface area contributed by atoms with Gasteiger partial charge in [-0.25, -0.2) is 4.39 Å². The van der Waals surface area contributed by atoms with Gasteiger partial charge in [0.2, 0.25) is 0 Å². The van der Waals surface area contributed by atoms with Crippen molar-refractivity contribution in [1.29, 1.82) is 0 Å². The molecule has 138 valence electrons. The molecule has 0 bridgehead atoms. The van der Waals surface area contributed by atoms with Gasteiger partial charge in [-0.05, 0) is 24.3 Å². The molecule has 2 amide bonds. The Morgan fingerprint density at radius 3 is 2.58 bits per heavy atom. The van der Waals surface area contributed by atoms with Crippen LogP contribution < -0.4 is 10.6 Å². The first-order valence-corrected chi connectivity index (χ1v) is 8.34. The van der Waals surface area contributed by atoms with E-state index in [0.29, 0.717) is 32.1 Å². The van der Waals surface area contributed by atoms with Gasteiger partial charge in [-0.2, -0.15) is 0 Å². The molecule has 1 saturated heterocycles. The lowest BCUT2D eigenvalue weighted by atomic mass is 10.1. The molecule has 0 spiro atoms. The van der Waals surface area contributed by atoms with E-state index in [9.17, 15) is 14.0 Å². The van der Waals surface area contributed by atoms with Crippen molar-refractivity contribution in [3.05, 3.63) is 54.2 Å². The molecule has 0 radical (unpaired) electrons. The monoisotopic (exact) mass is 361 g/mol. The van der Waals surface area contributed by atoms with E-state index in [1.54, 1.807) is 18.4 Å². The second-order valence-corrected chi connectivity index (χ2v) is 5.82. The molecule has 2 heterocycles. The molecule has 1 aliphatic rings. The lowest BCUT2D eigenvalue weighted by Crippen LogP contribution is -2.45. The second-order valence-electron chi connectivity index (χ2n) is 5.82. The number of halogens is 1. The molecule has 8 heteroatoms. The van der Waals surface area contributed by atoms with Crippen LogP contribution in [-0.2, 0) is 14.3 Å². The molecular weight excluding hydrogens is 341 g/mol. The lowest BCUT2D eigenvalue weighted by Gasteiger charge is -2.33. The minimum absolute atomic E-state index is 0.0385. The molecule has 7 nitrogen and oxygen atoms in total. The molecule has 0 saturated carbocycles. The molecule has 1 aliphatic heterocycles. The third kappa shape index (κ3) is 4.47. The number of hydrogen-bond acceptors (Lipinski definition) is 5. The standard InChI is InChI=1S/C18H20FN3O4/c19-13-4-1-2-5-14(13)21-18(24)17(23)20-12-15(16-6-3-9-26-16)22-7-10-25-11-8-22/h1-6,9,15H,7-8,10-12H2,(H,20,23)(H,21,24). The number of benzene rings is 1. The molecule has 26 heavy (non-hydrogen) atoms. The zero-order chi connectivity index (χ0) is 18.4. The minimum atomic E-state index is -0.921. The highest BCUT2D eigenvalue weighted by Gasteiger charge is 2.26. The van der Waals surface area contributed by atoms with Gasteiger partial charge in [-0.15, -0.1) is 0 Å². The van der Waals surface area contributed by atoms with Gasteiger partial charge >= 0.3 is 11.8 Å². The predicted octanol–water partition coefficient (Wildman–Crippen LogP) is 1.55. The van der Waals surface area contributed by atoms with Crippen molar-refractivity contribution in [3.8, 4) is 0 Å². The van der Waals surface area contributed by atoms with Gasteiger partial charge in [0.25, 0.3) is 0 Å². The van der Waals surface area contributed by atoms with Gasteiger partial charge in [0.05, 0.1) is 31.2 Å². The average molecular weight is 361 g/mol. The molecule has 1 unspecified atom stereocenters. The molecule has 0 aliphatic carbocycles. The fourth-order valence-electron chi connectivity index (χ4n) is 2.79. The van der Waals surface area contributed by atoms with Crippen LogP contribution in [0.4, 0.5) is 10.1 Å². The number of morpholine rings is 1. The largest absolute Gasteiger partial charge is 0.468 e. The normalized spacial score (nSPS) is 16.0. The van der Waals surface area contributed by atoms with Crippen molar-refractivity contribution in [1.82, 2.24) is 10.2 Å². The molecular formula is C18H20FN3O4. The van der Waals surface area contributed by atoms with Crippen LogP contribution in [0.25, 0.3) is 0 Å². The van der Waals surface area contributed by atoms with Crippen molar-refractivity contribution in [3.63, 3.8) is 0 Å². The van der Waals surface area contributed by atoms with Crippen LogP contribution in [0.3, 0.4) is 0 Å². The SMILES string of the molecule is O=C(NCC(c1ccco1)N1CCOCC1)C(=O)Nc1ccccc1F. The summed E-state index contributed by atoms with van der Waals surface area (Å²) in [6, 6.07) is 9.06. The van der Waals surface area contributed by atoms with E-state index in [1.807, 2.05) is 6.07 Å². The van der Waals surface area contributed by atoms with Crippen molar-refractivity contribution in [2.75, 3.05) is 38.2 Å². The van der Waals surface area contributed by atoms with Crippen molar-refractivity contribution in [2.24, 2.45) is 0 Å². The van der Waals surface area contributed by atoms with E-state index in [2.05, 4.69) is 15.5 Å². The van der Waals surface area contributed by atoms with Crippen LogP contribution >= 0.6 is 0 Å². The Bertz CT molecular complexity index is 745. The third-order valence-corrected chi connectivity index (χ3v) is 4.14. The summed E-state index contributed by atoms with van der Waals surface area (Å²) in [6.07, 6.45) is 1.56. The minimum Gasteiger partial charge on any atom is -0.468 e. The topological polar surface area (TPSA) is 83.8 Å². The maximum absolute atomic E-state index is 13.6. The number of carbonyl (C=O) groups is 2. The summed E-state index contributed by atoms with van der Waals surface area (Å²) < 4.78 is 24.4. The first-order valence-electron chi connectivity index (χ1n) is 8.34. The number of hydrogen-bond donors (Lipinski definition) is 2. The number of nitrogens with one attached hydrogen (secondary N) is 2. The van der Waals surface area contributed by atoms with Crippen LogP contribution in [-0.4, -0.2) is 49.6 Å². The van der Waals surface area contributed by atoms with Gasteiger partial charge in [-0.3, -0.25) is 14.5 Å². The van der Waals surface area contributed by atoms with E-state index in [-0.39, 0.29) is 18.3 Å². The Morgan fingerprint density at radius 2 is 1.88 bits per heavy atom. The Balaban J connectivity index is 1.60. The second kappa shape index (κ2) is 8.59. The molecule has 2 aromatic rings. The van der Waals surface area contributed by atoms with Crippen molar-refractivity contribution in [2.45, 2.75) is 6.04 Å². The zero-order valence-electron chi connectivity index (χ0n) is 14.1. The number of ether oxygens (including phenoxy) is 1. The van der Waals surface area contributed by atoms with Crippen molar-refractivity contribution >= 4 is 17.5 Å². The number of furan rings is 1. The summed E-state index contributed by atoms with van der Waals surface area (Å²) in [7, 11) is 0. The third-order valence-electron chi connectivity index (χ3n) is 4.14. The quantitative estimate of drug-likeness (QED) is 0.790. The Hall–Kier alpha value is -2.71. The Kier molecular flexibility index (Phi) is 5.98. The highest BCUT2D eigenvalue weighted by Crippen LogP contribution is 2.21. The summed E-state index contributed by atoms with van der Waals surface area (Å²) in [4.78, 5) is 26.2. The number of nitrogens with zero attached hydrogens (tertiary/aromatic N) is 1. The van der Waals surface area contributed by atoms with E-state index in [4.69, 9.17) is 9.15 Å². The Labute approximate surface area is 150 Å². The summed E-state index contributed by atoms with van der Waals surface area (Å²) in [5.74, 6) is -1.66. The summed E-state index contributed by atoms with van der Waals surface area (Å²) >= 11 is 0. The van der Waals surface area contributed by atoms with E-state index >= 15 is 0 Å².